The van der Waals surface area contributed by atoms with Gasteiger partial charge in [0.15, 0.2) is 24.4 Å². The Bertz CT molecular complexity index is 1100. The highest BCUT2D eigenvalue weighted by Crippen LogP contribution is 2.42. The largest absolute Gasteiger partial charge is 0.463 e. The molecule has 18 heteroatoms. The molecule has 0 N–H and O–H groups in total. The summed E-state index contributed by atoms with van der Waals surface area (Å²) >= 11 is 2.80. The lowest BCUT2D eigenvalue weighted by atomic mass is 9.99. The van der Waals surface area contributed by atoms with Gasteiger partial charge in [0.25, 0.3) is 0 Å². The molecule has 10 atom stereocenters. The van der Waals surface area contributed by atoms with E-state index in [0.717, 1.165) is 60.2 Å². The summed E-state index contributed by atoms with van der Waals surface area (Å²) in [6.45, 7) is 7.28. The topological polar surface area (TPSA) is 203 Å². The summed E-state index contributed by atoms with van der Waals surface area (Å²) in [5.41, 5.74) is -1.33. The number of carbonyl (C=O) groups is 7. The van der Waals surface area contributed by atoms with Crippen LogP contribution in [-0.4, -0.2) is 113 Å². The predicted octanol–water partition coefficient (Wildman–Crippen LogP) is 0.758. The van der Waals surface area contributed by atoms with Gasteiger partial charge in [0.05, 0.1) is 5.25 Å². The summed E-state index contributed by atoms with van der Waals surface area (Å²) in [5.74, 6) is -5.44. The third kappa shape index (κ3) is 11.0. The Balaban J connectivity index is 2.71. The molecule has 44 heavy (non-hydrogen) atoms. The van der Waals surface area contributed by atoms with Crippen LogP contribution in [0.1, 0.15) is 48.5 Å². The van der Waals surface area contributed by atoms with Crippen LogP contribution in [0.2, 0.25) is 0 Å². The van der Waals surface area contributed by atoms with Crippen molar-refractivity contribution in [1.29, 1.82) is 0 Å². The number of alkyl halides is 1. The Morgan fingerprint density at radius 1 is 0.545 bits per heavy atom. The van der Waals surface area contributed by atoms with E-state index in [1.165, 1.54) is 0 Å². The minimum Gasteiger partial charge on any atom is -0.463 e. The summed E-state index contributed by atoms with van der Waals surface area (Å²) < 4.78 is 50.2. The van der Waals surface area contributed by atoms with Gasteiger partial charge in [-0.25, -0.2) is 0 Å². The average molecular weight is 763 g/mol. The maximum atomic E-state index is 12.3. The lowest BCUT2D eigenvalue weighted by molar-refractivity contribution is -0.258. The number of hydrogen-bond acceptors (Lipinski definition) is 17. The van der Waals surface area contributed by atoms with Gasteiger partial charge >= 0.3 is 41.8 Å². The van der Waals surface area contributed by atoms with Crippen LogP contribution in [-0.2, 0) is 76.2 Å². The van der Waals surface area contributed by atoms with Gasteiger partial charge in [-0.2, -0.15) is 0 Å². The monoisotopic (exact) mass is 762 g/mol. The highest BCUT2D eigenvalue weighted by atomic mass is 127. The standard InChI is InChI=1S/C26H35IO16S/c1-10(28)35-9-18-19(36-11(2)29)21(38-13(4)31)22(39-14(5)32)26(43-18)44-24-20(37-12(3)30)17(8-27)42-25(41-16(7)34)23(24)40-15(6)33/h17-26H,8-9H2,1-7H3/t17-,18-,19-,20-,21+,22-,23-,24+,25-,26+/m1/s1. The zero-order chi connectivity index (χ0) is 33.3. The minimum atomic E-state index is -1.48. The molecule has 248 valence electrons. The van der Waals surface area contributed by atoms with E-state index in [0.29, 0.717) is 0 Å². The van der Waals surface area contributed by atoms with Gasteiger partial charge in [-0.05, 0) is 0 Å². The Morgan fingerprint density at radius 2 is 1.00 bits per heavy atom. The minimum absolute atomic E-state index is 0.218. The molecule has 2 heterocycles. The van der Waals surface area contributed by atoms with E-state index in [2.05, 4.69) is 0 Å². The van der Waals surface area contributed by atoms with Gasteiger partial charge in [0.1, 0.15) is 30.4 Å². The van der Waals surface area contributed by atoms with E-state index in [9.17, 15) is 33.6 Å². The van der Waals surface area contributed by atoms with Gasteiger partial charge < -0.3 is 42.6 Å². The van der Waals surface area contributed by atoms with Gasteiger partial charge in [0, 0.05) is 52.9 Å². The van der Waals surface area contributed by atoms with Crippen LogP contribution >= 0.6 is 34.4 Å². The van der Waals surface area contributed by atoms with E-state index in [1.54, 1.807) is 0 Å². The van der Waals surface area contributed by atoms with Gasteiger partial charge in [0.2, 0.25) is 6.29 Å². The first-order chi connectivity index (χ1) is 20.5. The summed E-state index contributed by atoms with van der Waals surface area (Å²) in [6.07, 6.45) is -10.5. The molecule has 2 aliphatic heterocycles. The summed E-state index contributed by atoms with van der Waals surface area (Å²) in [7, 11) is 0. The fraction of sp³-hybridized carbons (Fsp3) is 0.731. The van der Waals surface area contributed by atoms with Crippen molar-refractivity contribution in [2.24, 2.45) is 0 Å². The van der Waals surface area contributed by atoms with Crippen molar-refractivity contribution in [3.8, 4) is 0 Å². The molecule has 0 aromatic carbocycles. The van der Waals surface area contributed by atoms with Gasteiger partial charge in [-0.3, -0.25) is 33.6 Å². The molecule has 2 saturated heterocycles. The third-order valence-electron chi connectivity index (χ3n) is 5.87. The van der Waals surface area contributed by atoms with Crippen LogP contribution in [0.25, 0.3) is 0 Å². The number of esters is 7. The smallest absolute Gasteiger partial charge is 0.305 e. The number of thioether (sulfide) groups is 1. The molecule has 0 unspecified atom stereocenters. The number of ether oxygens (including phenoxy) is 9. The average Bonchev–Trinajstić information content (AvgIpc) is 2.87. The third-order valence-corrected chi connectivity index (χ3v) is 8.24. The van der Waals surface area contributed by atoms with E-state index >= 15 is 0 Å². The first-order valence-electron chi connectivity index (χ1n) is 13.2. The second-order valence-corrected chi connectivity index (χ2v) is 11.8. The number of carbonyl (C=O) groups excluding carboxylic acids is 7. The van der Waals surface area contributed by atoms with Crippen LogP contribution in [0, 0.1) is 0 Å². The SMILES string of the molecule is CC(=O)OC[C@H]1O[C@@H](S[C@@H]2[C@@H](OC(C)=O)[C@H](OC(C)=O)O[C@H](CI)[C@H]2OC(C)=O)[C@H](OC(C)=O)[C@@H](OC(C)=O)[C@@H]1OC(C)=O. The normalized spacial score (nSPS) is 31.5. The van der Waals surface area contributed by atoms with Crippen molar-refractivity contribution in [3.05, 3.63) is 0 Å². The Kier molecular flexibility index (Phi) is 14.6. The quantitative estimate of drug-likeness (QED) is 0.123. The Hall–Kier alpha value is -2.71. The molecule has 0 spiro atoms. The lowest BCUT2D eigenvalue weighted by Gasteiger charge is -2.48. The molecular formula is C26H35IO16S. The number of hydrogen-bond donors (Lipinski definition) is 0. The van der Waals surface area contributed by atoms with E-state index in [4.69, 9.17) is 42.6 Å². The Morgan fingerprint density at radius 3 is 1.48 bits per heavy atom. The van der Waals surface area contributed by atoms with Crippen LogP contribution < -0.4 is 0 Å². The molecule has 2 rings (SSSR count). The van der Waals surface area contributed by atoms with Crippen LogP contribution in [0.15, 0.2) is 0 Å². The first-order valence-corrected chi connectivity index (χ1v) is 15.7. The molecule has 2 fully saturated rings. The van der Waals surface area contributed by atoms with E-state index < -0.39 is 108 Å². The molecule has 16 nitrogen and oxygen atoms in total. The van der Waals surface area contributed by atoms with Gasteiger partial charge in [-0.1, -0.05) is 22.6 Å². The first kappa shape index (κ1) is 37.5. The fourth-order valence-electron chi connectivity index (χ4n) is 4.52. The maximum absolute atomic E-state index is 12.3. The molecule has 0 aliphatic carbocycles. The summed E-state index contributed by atoms with van der Waals surface area (Å²) in [4.78, 5) is 84.5. The predicted molar refractivity (Wildman–Crippen MR) is 154 cm³/mol. The lowest BCUT2D eigenvalue weighted by Crippen LogP contribution is -2.64. The molecular weight excluding hydrogens is 727 g/mol. The van der Waals surface area contributed by atoms with Crippen LogP contribution in [0.5, 0.6) is 0 Å². The zero-order valence-electron chi connectivity index (χ0n) is 25.0. The van der Waals surface area contributed by atoms with Crippen molar-refractivity contribution < 1.29 is 76.2 Å². The zero-order valence-corrected chi connectivity index (χ0v) is 28.0. The summed E-state index contributed by atoms with van der Waals surface area (Å²) in [5, 5.41) is -1.11. The highest BCUT2D eigenvalue weighted by Gasteiger charge is 2.57. The maximum Gasteiger partial charge on any atom is 0.305 e. The Labute approximate surface area is 270 Å². The summed E-state index contributed by atoms with van der Waals surface area (Å²) in [6, 6.07) is 0. The van der Waals surface area contributed by atoms with Gasteiger partial charge in [-0.15, -0.1) is 11.8 Å². The second kappa shape index (κ2) is 17.1. The number of rotatable bonds is 11. The molecule has 2 aliphatic rings. The second-order valence-electron chi connectivity index (χ2n) is 9.62. The van der Waals surface area contributed by atoms with Crippen molar-refractivity contribution in [3.63, 3.8) is 0 Å². The molecule has 0 aromatic heterocycles. The fourth-order valence-corrected chi connectivity index (χ4v) is 6.84. The van der Waals surface area contributed by atoms with Crippen molar-refractivity contribution in [2.45, 2.75) is 108 Å². The molecule has 0 bridgehead atoms. The highest BCUT2D eigenvalue weighted by molar-refractivity contribution is 14.1. The molecule has 0 saturated carbocycles. The molecule has 0 radical (unpaired) electrons. The van der Waals surface area contributed by atoms with E-state index in [-0.39, 0.29) is 4.43 Å². The number of halogens is 1. The van der Waals surface area contributed by atoms with Crippen LogP contribution in [0.4, 0.5) is 0 Å². The van der Waals surface area contributed by atoms with Crippen LogP contribution in [0.3, 0.4) is 0 Å². The molecule has 0 aromatic rings. The van der Waals surface area contributed by atoms with E-state index in [1.807, 2.05) is 22.6 Å². The van der Waals surface area contributed by atoms with Crippen molar-refractivity contribution in [1.82, 2.24) is 0 Å². The van der Waals surface area contributed by atoms with Crippen molar-refractivity contribution in [2.75, 3.05) is 11.0 Å². The molecule has 0 amide bonds. The van der Waals surface area contributed by atoms with Crippen molar-refractivity contribution >= 4 is 76.1 Å².